The van der Waals surface area contributed by atoms with Crippen molar-refractivity contribution >= 4 is 5.78 Å². The second-order valence-corrected chi connectivity index (χ2v) is 6.02. The number of hydrogen-bond donors (Lipinski definition) is 0. The van der Waals surface area contributed by atoms with Gasteiger partial charge in [-0.05, 0) is 19.4 Å². The Morgan fingerprint density at radius 1 is 1.18 bits per heavy atom. The third-order valence-electron chi connectivity index (χ3n) is 2.53. The number of Topliss-reactive ketones (excluding diaryl/α,β-unsaturated/α-hetero) is 1. The van der Waals surface area contributed by atoms with Gasteiger partial charge in [0.25, 0.3) is 0 Å². The molecule has 0 saturated carbocycles. The number of hydrogen-bond acceptors (Lipinski definition) is 2. The van der Waals surface area contributed by atoms with Crippen LogP contribution in [-0.4, -0.2) is 30.8 Å². The van der Waals surface area contributed by atoms with E-state index in [1.165, 1.54) is 5.56 Å². The van der Waals surface area contributed by atoms with Gasteiger partial charge in [-0.15, -0.1) is 0 Å². The molecule has 0 aliphatic heterocycles. The van der Waals surface area contributed by atoms with Gasteiger partial charge in [0.15, 0.2) is 5.78 Å². The van der Waals surface area contributed by atoms with Crippen molar-refractivity contribution < 1.29 is 4.79 Å². The van der Waals surface area contributed by atoms with Crippen LogP contribution in [0.25, 0.3) is 0 Å². The quantitative estimate of drug-likeness (QED) is 0.745. The predicted octanol–water partition coefficient (Wildman–Crippen LogP) is 3.16. The van der Waals surface area contributed by atoms with Crippen molar-refractivity contribution in [3.63, 3.8) is 0 Å². The van der Waals surface area contributed by atoms with Crippen LogP contribution in [0, 0.1) is 12.3 Å². The lowest BCUT2D eigenvalue weighted by Gasteiger charge is -2.25. The van der Waals surface area contributed by atoms with Crippen molar-refractivity contribution in [3.05, 3.63) is 35.4 Å². The maximum atomic E-state index is 12.0. The van der Waals surface area contributed by atoms with Crippen molar-refractivity contribution in [2.75, 3.05) is 20.1 Å². The fraction of sp³-hybridized carbons (Fsp3) is 0.533. The van der Waals surface area contributed by atoms with Crippen LogP contribution >= 0.6 is 0 Å². The lowest BCUT2D eigenvalue weighted by molar-refractivity contribution is 0.0927. The van der Waals surface area contributed by atoms with Crippen molar-refractivity contribution in [1.29, 1.82) is 0 Å². The molecule has 0 aromatic heterocycles. The molecule has 2 nitrogen and oxygen atoms in total. The number of carbonyl (C=O) groups excluding carboxylic acids is 1. The Morgan fingerprint density at radius 3 is 2.18 bits per heavy atom. The first-order chi connectivity index (χ1) is 7.78. The number of likely N-dealkylation sites (N-methyl/N-ethyl adjacent to an activating group) is 1. The van der Waals surface area contributed by atoms with Gasteiger partial charge in [-0.3, -0.25) is 9.69 Å². The largest absolute Gasteiger partial charge is 0.298 e. The molecular formula is C15H23NO. The Kier molecular flexibility index (Phi) is 4.47. The summed E-state index contributed by atoms with van der Waals surface area (Å²) in [5.74, 6) is 0.191. The van der Waals surface area contributed by atoms with Crippen LogP contribution in [0.3, 0.4) is 0 Å². The summed E-state index contributed by atoms with van der Waals surface area (Å²) in [6, 6.07) is 7.78. The first-order valence-electron chi connectivity index (χ1n) is 6.06. The average molecular weight is 233 g/mol. The Morgan fingerprint density at radius 2 is 1.71 bits per heavy atom. The zero-order valence-corrected chi connectivity index (χ0v) is 11.6. The highest BCUT2D eigenvalue weighted by Crippen LogP contribution is 2.14. The average Bonchev–Trinajstić information content (AvgIpc) is 2.15. The van der Waals surface area contributed by atoms with Crippen LogP contribution < -0.4 is 0 Å². The number of rotatable bonds is 4. The SMILES string of the molecule is Cc1ccc(C(=O)CN(C)CC(C)(C)C)cc1. The standard InChI is InChI=1S/C15H23NO/c1-12-6-8-13(9-7-12)14(17)10-16(5)11-15(2,3)4/h6-9H,10-11H2,1-5H3. The molecule has 0 fully saturated rings. The number of carbonyl (C=O) groups is 1. The molecule has 0 atom stereocenters. The topological polar surface area (TPSA) is 20.3 Å². The Bertz CT molecular complexity index is 373. The van der Waals surface area contributed by atoms with Gasteiger partial charge in [-0.25, -0.2) is 0 Å². The van der Waals surface area contributed by atoms with E-state index < -0.39 is 0 Å². The monoisotopic (exact) mass is 233 g/mol. The Labute approximate surface area is 105 Å². The fourth-order valence-corrected chi connectivity index (χ4v) is 1.94. The molecule has 1 aromatic rings. The Balaban J connectivity index is 2.57. The highest BCUT2D eigenvalue weighted by molar-refractivity contribution is 5.97. The second-order valence-electron chi connectivity index (χ2n) is 6.02. The van der Waals surface area contributed by atoms with Gasteiger partial charge < -0.3 is 0 Å². The van der Waals surface area contributed by atoms with E-state index in [0.29, 0.717) is 6.54 Å². The van der Waals surface area contributed by atoms with Gasteiger partial charge in [0, 0.05) is 12.1 Å². The van der Waals surface area contributed by atoms with Gasteiger partial charge >= 0.3 is 0 Å². The first kappa shape index (κ1) is 13.9. The second kappa shape index (κ2) is 5.46. The molecule has 0 bridgehead atoms. The van der Waals surface area contributed by atoms with E-state index in [4.69, 9.17) is 0 Å². The fourth-order valence-electron chi connectivity index (χ4n) is 1.94. The van der Waals surface area contributed by atoms with Crippen LogP contribution in [0.1, 0.15) is 36.7 Å². The normalized spacial score (nSPS) is 11.9. The molecule has 17 heavy (non-hydrogen) atoms. The molecule has 0 spiro atoms. The summed E-state index contributed by atoms with van der Waals surface area (Å²) in [4.78, 5) is 14.1. The molecule has 1 rings (SSSR count). The van der Waals surface area contributed by atoms with E-state index in [9.17, 15) is 4.79 Å². The molecule has 1 aromatic carbocycles. The summed E-state index contributed by atoms with van der Waals surface area (Å²) in [5, 5.41) is 0. The highest BCUT2D eigenvalue weighted by Gasteiger charge is 2.16. The highest BCUT2D eigenvalue weighted by atomic mass is 16.1. The van der Waals surface area contributed by atoms with Crippen LogP contribution in [0.4, 0.5) is 0 Å². The third kappa shape index (κ3) is 5.14. The van der Waals surface area contributed by atoms with Gasteiger partial charge in [-0.2, -0.15) is 0 Å². The molecule has 0 amide bonds. The maximum Gasteiger partial charge on any atom is 0.176 e. The van der Waals surface area contributed by atoms with Crippen LogP contribution in [-0.2, 0) is 0 Å². The molecule has 0 saturated heterocycles. The summed E-state index contributed by atoms with van der Waals surface area (Å²) < 4.78 is 0. The minimum absolute atomic E-state index is 0.191. The van der Waals surface area contributed by atoms with Crippen molar-refractivity contribution in [1.82, 2.24) is 4.90 Å². The summed E-state index contributed by atoms with van der Waals surface area (Å²) in [5.41, 5.74) is 2.21. The molecule has 0 aliphatic rings. The lowest BCUT2D eigenvalue weighted by atomic mass is 9.96. The minimum Gasteiger partial charge on any atom is -0.298 e. The zero-order chi connectivity index (χ0) is 13.1. The molecule has 0 radical (unpaired) electrons. The van der Waals surface area contributed by atoms with Crippen molar-refractivity contribution in [3.8, 4) is 0 Å². The molecule has 0 unspecified atom stereocenters. The molecule has 0 aliphatic carbocycles. The zero-order valence-electron chi connectivity index (χ0n) is 11.6. The third-order valence-corrected chi connectivity index (χ3v) is 2.53. The van der Waals surface area contributed by atoms with Gasteiger partial charge in [0.2, 0.25) is 0 Å². The van der Waals surface area contributed by atoms with Crippen molar-refractivity contribution in [2.45, 2.75) is 27.7 Å². The summed E-state index contributed by atoms with van der Waals surface area (Å²) in [7, 11) is 2.00. The molecule has 94 valence electrons. The molecule has 0 heterocycles. The van der Waals surface area contributed by atoms with Gasteiger partial charge in [0.05, 0.1) is 6.54 Å². The van der Waals surface area contributed by atoms with Gasteiger partial charge in [0.1, 0.15) is 0 Å². The smallest absolute Gasteiger partial charge is 0.176 e. The van der Waals surface area contributed by atoms with Crippen LogP contribution in [0.2, 0.25) is 0 Å². The lowest BCUT2D eigenvalue weighted by Crippen LogP contribution is -2.33. The van der Waals surface area contributed by atoms with E-state index in [2.05, 4.69) is 25.7 Å². The summed E-state index contributed by atoms with van der Waals surface area (Å²) >= 11 is 0. The molecule has 0 N–H and O–H groups in total. The van der Waals surface area contributed by atoms with E-state index in [0.717, 1.165) is 12.1 Å². The van der Waals surface area contributed by atoms with Gasteiger partial charge in [-0.1, -0.05) is 50.6 Å². The van der Waals surface area contributed by atoms with E-state index in [1.807, 2.05) is 38.2 Å². The van der Waals surface area contributed by atoms with Crippen LogP contribution in [0.15, 0.2) is 24.3 Å². The van der Waals surface area contributed by atoms with E-state index >= 15 is 0 Å². The van der Waals surface area contributed by atoms with Crippen molar-refractivity contribution in [2.24, 2.45) is 5.41 Å². The Hall–Kier alpha value is -1.15. The molecule has 2 heteroatoms. The van der Waals surface area contributed by atoms with Crippen LogP contribution in [0.5, 0.6) is 0 Å². The first-order valence-corrected chi connectivity index (χ1v) is 6.06. The number of aryl methyl sites for hydroxylation is 1. The predicted molar refractivity (Wildman–Crippen MR) is 72.5 cm³/mol. The summed E-state index contributed by atoms with van der Waals surface area (Å²) in [6.45, 7) is 9.98. The minimum atomic E-state index is 0.191. The number of benzene rings is 1. The summed E-state index contributed by atoms with van der Waals surface area (Å²) in [6.07, 6.45) is 0. The maximum absolute atomic E-state index is 12.0. The van der Waals surface area contributed by atoms with E-state index in [1.54, 1.807) is 0 Å². The number of nitrogens with zero attached hydrogens (tertiary/aromatic N) is 1. The molecular weight excluding hydrogens is 210 g/mol. The number of ketones is 1. The van der Waals surface area contributed by atoms with E-state index in [-0.39, 0.29) is 11.2 Å².